The molecule has 6 heteroatoms. The van der Waals surface area contributed by atoms with E-state index in [0.29, 0.717) is 25.4 Å². The zero-order chi connectivity index (χ0) is 16.4. The molecule has 0 unspecified atom stereocenters. The normalized spacial score (nSPS) is 14.5. The third-order valence-electron chi connectivity index (χ3n) is 3.92. The number of likely N-dealkylation sites (N-methyl/N-ethyl adjacent to an activating group) is 1. The zero-order valence-electron chi connectivity index (χ0n) is 13.3. The third kappa shape index (κ3) is 2.86. The first-order chi connectivity index (χ1) is 11.0. The van der Waals surface area contributed by atoms with Crippen molar-refractivity contribution in [2.75, 3.05) is 35.9 Å². The van der Waals surface area contributed by atoms with Crippen molar-refractivity contribution in [2.45, 2.75) is 11.8 Å². The first-order valence-corrected chi connectivity index (χ1v) is 9.04. The molecule has 1 heterocycles. The van der Waals surface area contributed by atoms with Gasteiger partial charge in [0.15, 0.2) is 0 Å². The molecule has 0 bridgehead atoms. The van der Waals surface area contributed by atoms with E-state index in [-0.39, 0.29) is 4.90 Å². The van der Waals surface area contributed by atoms with Gasteiger partial charge in [-0.1, -0.05) is 12.1 Å². The third-order valence-corrected chi connectivity index (χ3v) is 5.75. The number of hydrogen-bond donors (Lipinski definition) is 0. The predicted octanol–water partition coefficient (Wildman–Crippen LogP) is 2.73. The Hall–Kier alpha value is -2.21. The van der Waals surface area contributed by atoms with Crippen LogP contribution in [0.5, 0.6) is 5.75 Å². The molecule has 0 saturated heterocycles. The van der Waals surface area contributed by atoms with Gasteiger partial charge in [-0.05, 0) is 43.3 Å². The average Bonchev–Trinajstić information content (AvgIpc) is 2.56. The summed E-state index contributed by atoms with van der Waals surface area (Å²) in [5, 5.41) is 0. The minimum absolute atomic E-state index is 0.278. The second-order valence-corrected chi connectivity index (χ2v) is 7.25. The maximum Gasteiger partial charge on any atom is 0.264 e. The lowest BCUT2D eigenvalue weighted by Crippen LogP contribution is -2.42. The van der Waals surface area contributed by atoms with Gasteiger partial charge in [0.1, 0.15) is 5.75 Å². The van der Waals surface area contributed by atoms with Crippen molar-refractivity contribution in [3.63, 3.8) is 0 Å². The lowest BCUT2D eigenvalue weighted by atomic mass is 10.2. The van der Waals surface area contributed by atoms with Gasteiger partial charge in [0.05, 0.1) is 29.4 Å². The van der Waals surface area contributed by atoms with Gasteiger partial charge in [-0.15, -0.1) is 0 Å². The smallest absolute Gasteiger partial charge is 0.264 e. The number of hydrogen-bond acceptors (Lipinski definition) is 4. The lowest BCUT2D eigenvalue weighted by Gasteiger charge is -2.36. The van der Waals surface area contributed by atoms with Crippen LogP contribution in [0.25, 0.3) is 0 Å². The van der Waals surface area contributed by atoms with E-state index in [1.54, 1.807) is 24.3 Å². The van der Waals surface area contributed by atoms with Gasteiger partial charge in [-0.25, -0.2) is 8.42 Å². The highest BCUT2D eigenvalue weighted by atomic mass is 32.2. The van der Waals surface area contributed by atoms with Crippen molar-refractivity contribution in [1.29, 1.82) is 0 Å². The molecule has 0 aromatic heterocycles. The summed E-state index contributed by atoms with van der Waals surface area (Å²) in [4.78, 5) is 2.35. The number of ether oxygens (including phenoxy) is 1. The summed E-state index contributed by atoms with van der Waals surface area (Å²) in [5.41, 5.74) is 1.64. The standard InChI is InChI=1S/C17H20N2O3S/c1-3-22-14-8-10-15(11-9-14)23(20,21)19-13-12-18(2)16-6-4-5-7-17(16)19/h4-11H,3,12-13H2,1-2H3. The van der Waals surface area contributed by atoms with E-state index in [0.717, 1.165) is 11.4 Å². The lowest BCUT2D eigenvalue weighted by molar-refractivity contribution is 0.340. The van der Waals surface area contributed by atoms with Gasteiger partial charge in [0.2, 0.25) is 0 Å². The van der Waals surface area contributed by atoms with Crippen LogP contribution in [0.3, 0.4) is 0 Å². The Morgan fingerprint density at radius 3 is 2.30 bits per heavy atom. The van der Waals surface area contributed by atoms with Crippen molar-refractivity contribution < 1.29 is 13.2 Å². The first kappa shape index (κ1) is 15.7. The van der Waals surface area contributed by atoms with Crippen molar-refractivity contribution in [2.24, 2.45) is 0 Å². The Labute approximate surface area is 137 Å². The highest BCUT2D eigenvalue weighted by Crippen LogP contribution is 2.35. The molecule has 0 spiro atoms. The van der Waals surface area contributed by atoms with Crippen LogP contribution in [0.4, 0.5) is 11.4 Å². The second-order valence-electron chi connectivity index (χ2n) is 5.39. The number of anilines is 2. The fourth-order valence-corrected chi connectivity index (χ4v) is 4.20. The Morgan fingerprint density at radius 1 is 1.00 bits per heavy atom. The quantitative estimate of drug-likeness (QED) is 0.864. The molecule has 2 aromatic rings. The first-order valence-electron chi connectivity index (χ1n) is 7.60. The topological polar surface area (TPSA) is 49.9 Å². The van der Waals surface area contributed by atoms with Crippen molar-refractivity contribution >= 4 is 21.4 Å². The van der Waals surface area contributed by atoms with Gasteiger partial charge in [0.25, 0.3) is 10.0 Å². The van der Waals surface area contributed by atoms with Crippen LogP contribution < -0.4 is 13.9 Å². The molecule has 23 heavy (non-hydrogen) atoms. The molecular weight excluding hydrogens is 312 g/mol. The molecule has 0 aliphatic carbocycles. The van der Waals surface area contributed by atoms with Crippen LogP contribution in [-0.2, 0) is 10.0 Å². The minimum atomic E-state index is -3.58. The molecule has 3 rings (SSSR count). The number of sulfonamides is 1. The maximum absolute atomic E-state index is 13.0. The fourth-order valence-electron chi connectivity index (χ4n) is 2.73. The van der Waals surface area contributed by atoms with Crippen molar-refractivity contribution in [3.8, 4) is 5.75 Å². The van der Waals surface area contributed by atoms with E-state index in [9.17, 15) is 8.42 Å². The Kier molecular flexibility index (Phi) is 4.17. The van der Waals surface area contributed by atoms with Crippen molar-refractivity contribution in [3.05, 3.63) is 48.5 Å². The van der Waals surface area contributed by atoms with Crippen LogP contribution in [-0.4, -0.2) is 35.2 Å². The summed E-state index contributed by atoms with van der Waals surface area (Å²) in [6.45, 7) is 3.54. The Morgan fingerprint density at radius 2 is 1.65 bits per heavy atom. The molecular formula is C17H20N2O3S. The summed E-state index contributed by atoms with van der Waals surface area (Å²) < 4.78 is 32.8. The fraction of sp³-hybridized carbons (Fsp3) is 0.294. The molecule has 0 saturated carbocycles. The molecule has 5 nitrogen and oxygen atoms in total. The highest BCUT2D eigenvalue weighted by molar-refractivity contribution is 7.92. The van der Waals surface area contributed by atoms with E-state index >= 15 is 0 Å². The van der Waals surface area contributed by atoms with Gasteiger partial charge in [0, 0.05) is 13.6 Å². The van der Waals surface area contributed by atoms with E-state index < -0.39 is 10.0 Å². The van der Waals surface area contributed by atoms with Crippen LogP contribution in [0.1, 0.15) is 6.92 Å². The molecule has 1 aliphatic rings. The van der Waals surface area contributed by atoms with Gasteiger partial charge in [-0.3, -0.25) is 4.31 Å². The summed E-state index contributed by atoms with van der Waals surface area (Å²) in [6, 6.07) is 14.1. The van der Waals surface area contributed by atoms with Crippen LogP contribution in [0.2, 0.25) is 0 Å². The Balaban J connectivity index is 1.98. The molecule has 0 N–H and O–H groups in total. The minimum Gasteiger partial charge on any atom is -0.494 e. The van der Waals surface area contributed by atoms with Gasteiger partial charge < -0.3 is 9.64 Å². The SMILES string of the molecule is CCOc1ccc(S(=O)(=O)N2CCN(C)c3ccccc32)cc1. The van der Waals surface area contributed by atoms with Crippen molar-refractivity contribution in [1.82, 2.24) is 0 Å². The van der Waals surface area contributed by atoms with Crippen LogP contribution in [0.15, 0.2) is 53.4 Å². The molecule has 0 atom stereocenters. The largest absolute Gasteiger partial charge is 0.494 e. The van der Waals surface area contributed by atoms with E-state index in [1.165, 1.54) is 4.31 Å². The maximum atomic E-state index is 13.0. The number of para-hydroxylation sites is 2. The van der Waals surface area contributed by atoms with Crippen LogP contribution in [0, 0.1) is 0 Å². The van der Waals surface area contributed by atoms with Crippen LogP contribution >= 0.6 is 0 Å². The monoisotopic (exact) mass is 332 g/mol. The number of benzene rings is 2. The molecule has 2 aromatic carbocycles. The van der Waals surface area contributed by atoms with Gasteiger partial charge >= 0.3 is 0 Å². The van der Waals surface area contributed by atoms with E-state index in [2.05, 4.69) is 4.90 Å². The average molecular weight is 332 g/mol. The summed E-state index contributed by atoms with van der Waals surface area (Å²) in [7, 11) is -1.61. The summed E-state index contributed by atoms with van der Waals surface area (Å²) in [6.07, 6.45) is 0. The van der Waals surface area contributed by atoms with E-state index in [1.807, 2.05) is 38.2 Å². The molecule has 0 radical (unpaired) electrons. The Bertz CT molecular complexity index is 788. The number of fused-ring (bicyclic) bond motifs is 1. The predicted molar refractivity (Wildman–Crippen MR) is 91.9 cm³/mol. The number of rotatable bonds is 4. The molecule has 1 aliphatic heterocycles. The highest BCUT2D eigenvalue weighted by Gasteiger charge is 2.30. The summed E-state index contributed by atoms with van der Waals surface area (Å²) in [5.74, 6) is 0.672. The molecule has 122 valence electrons. The number of nitrogens with zero attached hydrogens (tertiary/aromatic N) is 2. The van der Waals surface area contributed by atoms with E-state index in [4.69, 9.17) is 4.74 Å². The molecule has 0 amide bonds. The zero-order valence-corrected chi connectivity index (χ0v) is 14.1. The van der Waals surface area contributed by atoms with Gasteiger partial charge in [-0.2, -0.15) is 0 Å². The summed E-state index contributed by atoms with van der Waals surface area (Å²) >= 11 is 0. The second kappa shape index (κ2) is 6.12. The molecule has 0 fully saturated rings.